The van der Waals surface area contributed by atoms with Crippen molar-refractivity contribution >= 4 is 34.8 Å². The van der Waals surface area contributed by atoms with E-state index in [1.54, 1.807) is 12.3 Å². The molecule has 0 spiro atoms. The monoisotopic (exact) mass is 329 g/mol. The van der Waals surface area contributed by atoms with E-state index < -0.39 is 5.54 Å². The van der Waals surface area contributed by atoms with Crippen LogP contribution in [-0.2, 0) is 9.53 Å². The number of amides is 1. The molecule has 6 nitrogen and oxygen atoms in total. The quantitative estimate of drug-likeness (QED) is 0.901. The largest absolute Gasteiger partial charge is 0.463 e. The van der Waals surface area contributed by atoms with Crippen molar-refractivity contribution in [3.8, 4) is 11.5 Å². The maximum atomic E-state index is 12.2. The minimum absolute atomic E-state index is 0. The molecule has 114 valence electrons. The predicted molar refractivity (Wildman–Crippen MR) is 82.7 cm³/mol. The van der Waals surface area contributed by atoms with Crippen molar-refractivity contribution < 1.29 is 13.9 Å². The number of furan rings is 1. The molecule has 0 aromatic carbocycles. The molecule has 0 atom stereocenters. The fourth-order valence-electron chi connectivity index (χ4n) is 2.05. The molecule has 0 unspecified atom stereocenters. The van der Waals surface area contributed by atoms with Gasteiger partial charge in [0.05, 0.1) is 6.26 Å². The van der Waals surface area contributed by atoms with Crippen LogP contribution in [0.1, 0.15) is 12.8 Å². The summed E-state index contributed by atoms with van der Waals surface area (Å²) in [5.74, 6) is 0.469. The molecule has 3 rings (SSSR count). The Morgan fingerprint density at radius 1 is 1.43 bits per heavy atom. The number of hydrogen-bond acceptors (Lipinski definition) is 6. The van der Waals surface area contributed by atoms with Gasteiger partial charge in [-0.25, -0.2) is 4.98 Å². The van der Waals surface area contributed by atoms with E-state index in [0.717, 1.165) is 0 Å². The average molecular weight is 330 g/mol. The van der Waals surface area contributed by atoms with Crippen LogP contribution in [0.4, 0.5) is 5.13 Å². The number of halogens is 1. The Hall–Kier alpha value is -1.41. The lowest BCUT2D eigenvalue weighted by atomic mass is 9.90. The zero-order chi connectivity index (χ0) is 14.0. The molecule has 8 heteroatoms. The van der Waals surface area contributed by atoms with E-state index in [1.165, 1.54) is 11.3 Å². The summed E-state index contributed by atoms with van der Waals surface area (Å²) < 4.78 is 10.5. The summed E-state index contributed by atoms with van der Waals surface area (Å²) in [7, 11) is 0. The summed E-state index contributed by atoms with van der Waals surface area (Å²) in [6, 6.07) is 3.62. The molecule has 1 fully saturated rings. The number of anilines is 1. The maximum absolute atomic E-state index is 12.2. The van der Waals surface area contributed by atoms with E-state index in [0.29, 0.717) is 42.6 Å². The van der Waals surface area contributed by atoms with Crippen LogP contribution in [0.2, 0.25) is 0 Å². The third-order valence-electron chi connectivity index (χ3n) is 3.34. The highest BCUT2D eigenvalue weighted by atomic mass is 35.5. The van der Waals surface area contributed by atoms with E-state index in [2.05, 4.69) is 10.3 Å². The van der Waals surface area contributed by atoms with Gasteiger partial charge in [-0.05, 0) is 25.0 Å². The first-order valence-electron chi connectivity index (χ1n) is 6.35. The molecule has 1 aliphatic heterocycles. The first-order valence-corrected chi connectivity index (χ1v) is 7.23. The fraction of sp³-hybridized carbons (Fsp3) is 0.385. The number of rotatable bonds is 3. The van der Waals surface area contributed by atoms with Gasteiger partial charge in [0, 0.05) is 18.6 Å². The second kappa shape index (κ2) is 6.57. The molecule has 0 saturated carbocycles. The van der Waals surface area contributed by atoms with E-state index in [9.17, 15) is 4.79 Å². The molecule has 21 heavy (non-hydrogen) atoms. The molecule has 3 heterocycles. The average Bonchev–Trinajstić information content (AvgIpc) is 3.09. The second-order valence-corrected chi connectivity index (χ2v) is 5.60. The summed E-state index contributed by atoms with van der Waals surface area (Å²) in [6.45, 7) is 1.03. The van der Waals surface area contributed by atoms with Gasteiger partial charge in [0.1, 0.15) is 11.2 Å². The molecule has 0 radical (unpaired) electrons. The molecule has 0 bridgehead atoms. The van der Waals surface area contributed by atoms with Gasteiger partial charge in [-0.1, -0.05) is 0 Å². The van der Waals surface area contributed by atoms with E-state index in [-0.39, 0.29) is 18.3 Å². The van der Waals surface area contributed by atoms with Crippen molar-refractivity contribution in [1.82, 2.24) is 4.98 Å². The molecule has 1 amide bonds. The molecule has 0 aliphatic carbocycles. The number of aromatic nitrogens is 1. The summed E-state index contributed by atoms with van der Waals surface area (Å²) in [4.78, 5) is 16.6. The molecular weight excluding hydrogens is 314 g/mol. The minimum atomic E-state index is -0.866. The lowest BCUT2D eigenvalue weighted by Crippen LogP contribution is -2.54. The summed E-state index contributed by atoms with van der Waals surface area (Å²) in [6.07, 6.45) is 2.63. The maximum Gasteiger partial charge on any atom is 0.246 e. The number of nitrogens with one attached hydrogen (secondary N) is 1. The van der Waals surface area contributed by atoms with Gasteiger partial charge >= 0.3 is 0 Å². The normalized spacial score (nSPS) is 17.0. The zero-order valence-electron chi connectivity index (χ0n) is 11.2. The highest BCUT2D eigenvalue weighted by Gasteiger charge is 2.36. The Balaban J connectivity index is 0.00000161. The van der Waals surface area contributed by atoms with Crippen LogP contribution < -0.4 is 11.1 Å². The van der Waals surface area contributed by atoms with Crippen LogP contribution in [0.3, 0.4) is 0 Å². The van der Waals surface area contributed by atoms with Crippen molar-refractivity contribution in [3.63, 3.8) is 0 Å². The number of ether oxygens (including phenoxy) is 1. The van der Waals surface area contributed by atoms with Gasteiger partial charge in [-0.3, -0.25) is 4.79 Å². The Bertz CT molecular complexity index is 594. The van der Waals surface area contributed by atoms with Gasteiger partial charge < -0.3 is 20.2 Å². The predicted octanol–water partition coefficient (Wildman–Crippen LogP) is 2.27. The van der Waals surface area contributed by atoms with E-state index in [1.807, 2.05) is 11.4 Å². The van der Waals surface area contributed by atoms with Crippen LogP contribution in [0.15, 0.2) is 28.2 Å². The van der Waals surface area contributed by atoms with Crippen LogP contribution in [0, 0.1) is 0 Å². The molecular formula is C13H16ClN3O3S. The molecule has 1 saturated heterocycles. The third kappa shape index (κ3) is 3.44. The minimum Gasteiger partial charge on any atom is -0.463 e. The van der Waals surface area contributed by atoms with Crippen LogP contribution >= 0.6 is 23.7 Å². The highest BCUT2D eigenvalue weighted by Crippen LogP contribution is 2.26. The Morgan fingerprint density at radius 2 is 2.19 bits per heavy atom. The molecule has 2 aromatic rings. The standard InChI is InChI=1S/C13H15N3O3S.ClH/c14-13(3-6-18-7-4-13)11(17)16-12-15-9(8-20-12)10-2-1-5-19-10;/h1-2,5,8H,3-4,6-7,14H2,(H,15,16,17);1H. The number of hydrogen-bond donors (Lipinski definition) is 2. The second-order valence-electron chi connectivity index (χ2n) is 4.74. The summed E-state index contributed by atoms with van der Waals surface area (Å²) in [5, 5.41) is 5.14. The van der Waals surface area contributed by atoms with Crippen molar-refractivity contribution in [2.24, 2.45) is 5.73 Å². The fourth-order valence-corrected chi connectivity index (χ4v) is 2.75. The first-order chi connectivity index (χ1) is 9.67. The SMILES string of the molecule is Cl.NC1(C(=O)Nc2nc(-c3ccco3)cs2)CCOCC1. The zero-order valence-corrected chi connectivity index (χ0v) is 12.8. The summed E-state index contributed by atoms with van der Waals surface area (Å²) >= 11 is 1.35. The van der Waals surface area contributed by atoms with Crippen LogP contribution in [-0.4, -0.2) is 29.6 Å². The number of nitrogens with two attached hydrogens (primary N) is 1. The van der Waals surface area contributed by atoms with Gasteiger partial charge in [0.2, 0.25) is 5.91 Å². The highest BCUT2D eigenvalue weighted by molar-refractivity contribution is 7.14. The topological polar surface area (TPSA) is 90.4 Å². The van der Waals surface area contributed by atoms with Crippen LogP contribution in [0.25, 0.3) is 11.5 Å². The van der Waals surface area contributed by atoms with Gasteiger partial charge in [0.15, 0.2) is 10.9 Å². The van der Waals surface area contributed by atoms with E-state index >= 15 is 0 Å². The lowest BCUT2D eigenvalue weighted by Gasteiger charge is -2.31. The lowest BCUT2D eigenvalue weighted by molar-refractivity contribution is -0.124. The van der Waals surface area contributed by atoms with Gasteiger partial charge in [0.25, 0.3) is 0 Å². The van der Waals surface area contributed by atoms with Gasteiger partial charge in [-0.15, -0.1) is 23.7 Å². The number of thiazole rings is 1. The number of nitrogens with zero attached hydrogens (tertiary/aromatic N) is 1. The Morgan fingerprint density at radius 3 is 2.86 bits per heavy atom. The van der Waals surface area contributed by atoms with Gasteiger partial charge in [-0.2, -0.15) is 0 Å². The van der Waals surface area contributed by atoms with Crippen molar-refractivity contribution in [2.45, 2.75) is 18.4 Å². The molecule has 3 N–H and O–H groups in total. The third-order valence-corrected chi connectivity index (χ3v) is 4.09. The van der Waals surface area contributed by atoms with E-state index in [4.69, 9.17) is 14.9 Å². The Kier molecular flexibility index (Phi) is 5.00. The van der Waals surface area contributed by atoms with Crippen molar-refractivity contribution in [3.05, 3.63) is 23.8 Å². The summed E-state index contributed by atoms with van der Waals surface area (Å²) in [5.41, 5.74) is 5.95. The first kappa shape index (κ1) is 16.0. The van der Waals surface area contributed by atoms with Crippen LogP contribution in [0.5, 0.6) is 0 Å². The van der Waals surface area contributed by atoms with Crippen molar-refractivity contribution in [1.29, 1.82) is 0 Å². The molecule has 1 aliphatic rings. The number of carbonyl (C=O) groups excluding carboxylic acids is 1. The molecule has 2 aromatic heterocycles. The smallest absolute Gasteiger partial charge is 0.246 e. The van der Waals surface area contributed by atoms with Crippen molar-refractivity contribution in [2.75, 3.05) is 18.5 Å². The number of carbonyl (C=O) groups is 1. The Labute approximate surface area is 132 Å².